The molecule has 0 atom stereocenters. The second kappa shape index (κ2) is 6.88. The molecular formula is C22H16N2O3. The van der Waals surface area contributed by atoms with Gasteiger partial charge in [-0.3, -0.25) is 9.78 Å². The minimum absolute atomic E-state index is 0.243. The quantitative estimate of drug-likeness (QED) is 0.409. The average molecular weight is 356 g/mol. The first kappa shape index (κ1) is 16.7. The van der Waals surface area contributed by atoms with Crippen molar-refractivity contribution in [3.63, 3.8) is 0 Å². The van der Waals surface area contributed by atoms with E-state index in [1.54, 1.807) is 42.6 Å². The van der Waals surface area contributed by atoms with E-state index in [0.717, 1.165) is 0 Å². The van der Waals surface area contributed by atoms with Crippen molar-refractivity contribution in [3.8, 4) is 11.4 Å². The van der Waals surface area contributed by atoms with Crippen molar-refractivity contribution in [1.82, 2.24) is 9.38 Å². The molecule has 0 unspecified atom stereocenters. The third kappa shape index (κ3) is 2.79. The molecule has 3 heterocycles. The lowest BCUT2D eigenvalue weighted by Gasteiger charge is -2.07. The Morgan fingerprint density at radius 2 is 1.63 bits per heavy atom. The molecule has 4 aromatic rings. The van der Waals surface area contributed by atoms with E-state index in [-0.39, 0.29) is 16.9 Å². The Balaban J connectivity index is 2.11. The van der Waals surface area contributed by atoms with Gasteiger partial charge < -0.3 is 9.14 Å². The van der Waals surface area contributed by atoms with Crippen LogP contribution in [0.4, 0.5) is 0 Å². The van der Waals surface area contributed by atoms with Gasteiger partial charge in [0.25, 0.3) is 0 Å². The summed E-state index contributed by atoms with van der Waals surface area (Å²) in [6.07, 6.45) is 3.47. The number of pyridine rings is 2. The molecule has 0 spiro atoms. The third-order valence-corrected chi connectivity index (χ3v) is 4.40. The molecule has 3 aromatic heterocycles. The van der Waals surface area contributed by atoms with Gasteiger partial charge in [0.05, 0.1) is 35.1 Å². The summed E-state index contributed by atoms with van der Waals surface area (Å²) in [6.45, 7) is 0. The van der Waals surface area contributed by atoms with E-state index >= 15 is 0 Å². The molecule has 0 N–H and O–H groups in total. The summed E-state index contributed by atoms with van der Waals surface area (Å²) in [7, 11) is 1.31. The monoisotopic (exact) mass is 356 g/mol. The predicted molar refractivity (Wildman–Crippen MR) is 102 cm³/mol. The van der Waals surface area contributed by atoms with Crippen LogP contribution in [-0.2, 0) is 4.74 Å². The highest BCUT2D eigenvalue weighted by atomic mass is 16.5. The molecular weight excluding hydrogens is 340 g/mol. The molecule has 0 saturated carbocycles. The maximum Gasteiger partial charge on any atom is 0.340 e. The fourth-order valence-corrected chi connectivity index (χ4v) is 3.23. The zero-order valence-corrected chi connectivity index (χ0v) is 14.6. The second-order valence-electron chi connectivity index (χ2n) is 5.96. The van der Waals surface area contributed by atoms with Gasteiger partial charge in [-0.25, -0.2) is 4.79 Å². The summed E-state index contributed by atoms with van der Waals surface area (Å²) < 4.78 is 6.81. The van der Waals surface area contributed by atoms with E-state index in [4.69, 9.17) is 4.74 Å². The van der Waals surface area contributed by atoms with E-state index < -0.39 is 5.97 Å². The van der Waals surface area contributed by atoms with Gasteiger partial charge in [-0.2, -0.15) is 0 Å². The van der Waals surface area contributed by atoms with Crippen LogP contribution in [0, 0.1) is 0 Å². The number of benzene rings is 1. The first-order valence-corrected chi connectivity index (χ1v) is 8.45. The maximum absolute atomic E-state index is 13.4. The van der Waals surface area contributed by atoms with Crippen molar-refractivity contribution in [2.75, 3.05) is 7.11 Å². The van der Waals surface area contributed by atoms with Crippen LogP contribution in [0.15, 0.2) is 79.1 Å². The Morgan fingerprint density at radius 3 is 2.33 bits per heavy atom. The molecule has 5 nitrogen and oxygen atoms in total. The van der Waals surface area contributed by atoms with E-state index in [9.17, 15) is 9.59 Å². The number of hydrogen-bond acceptors (Lipinski definition) is 4. The molecule has 0 aliphatic rings. The van der Waals surface area contributed by atoms with Crippen LogP contribution in [0.3, 0.4) is 0 Å². The number of hydrogen-bond donors (Lipinski definition) is 0. The van der Waals surface area contributed by atoms with Crippen LogP contribution < -0.4 is 0 Å². The number of aromatic nitrogens is 2. The lowest BCUT2D eigenvalue weighted by atomic mass is 9.97. The number of ketones is 1. The highest BCUT2D eigenvalue weighted by Gasteiger charge is 2.30. The van der Waals surface area contributed by atoms with E-state index in [2.05, 4.69) is 4.98 Å². The van der Waals surface area contributed by atoms with Gasteiger partial charge in [0.2, 0.25) is 0 Å². The molecule has 0 amide bonds. The summed E-state index contributed by atoms with van der Waals surface area (Å²) in [5, 5.41) is 0. The summed E-state index contributed by atoms with van der Waals surface area (Å²) in [5.41, 5.74) is 2.80. The van der Waals surface area contributed by atoms with Gasteiger partial charge >= 0.3 is 5.97 Å². The topological polar surface area (TPSA) is 60.7 Å². The van der Waals surface area contributed by atoms with Crippen molar-refractivity contribution in [2.24, 2.45) is 0 Å². The summed E-state index contributed by atoms with van der Waals surface area (Å²) in [5.74, 6) is -0.805. The molecule has 132 valence electrons. The van der Waals surface area contributed by atoms with Crippen LogP contribution >= 0.6 is 0 Å². The number of methoxy groups -OCH3 is 1. The summed E-state index contributed by atoms with van der Waals surface area (Å²) in [4.78, 5) is 30.4. The molecule has 0 radical (unpaired) electrons. The normalized spacial score (nSPS) is 10.7. The molecule has 0 aliphatic heterocycles. The van der Waals surface area contributed by atoms with Crippen molar-refractivity contribution >= 4 is 17.3 Å². The molecule has 27 heavy (non-hydrogen) atoms. The Bertz CT molecular complexity index is 1130. The van der Waals surface area contributed by atoms with Crippen LogP contribution in [0.2, 0.25) is 0 Å². The fraction of sp³-hybridized carbons (Fsp3) is 0.0455. The SMILES string of the molecule is COC(=O)c1c(C(=O)c2ccccc2)c(-c2ccccn2)n2ccccc12. The molecule has 5 heteroatoms. The first-order valence-electron chi connectivity index (χ1n) is 8.45. The van der Waals surface area contributed by atoms with E-state index in [1.807, 2.05) is 40.9 Å². The minimum Gasteiger partial charge on any atom is -0.465 e. The Kier molecular flexibility index (Phi) is 4.26. The molecule has 0 fully saturated rings. The second-order valence-corrected chi connectivity index (χ2v) is 5.96. The smallest absolute Gasteiger partial charge is 0.340 e. The van der Waals surface area contributed by atoms with Crippen LogP contribution in [-0.4, -0.2) is 28.2 Å². The number of ether oxygens (including phenoxy) is 1. The largest absolute Gasteiger partial charge is 0.465 e. The summed E-state index contributed by atoms with van der Waals surface area (Å²) in [6, 6.07) is 19.8. The minimum atomic E-state index is -0.555. The molecule has 0 bridgehead atoms. The Morgan fingerprint density at radius 1 is 0.889 bits per heavy atom. The maximum atomic E-state index is 13.4. The van der Waals surface area contributed by atoms with Crippen molar-refractivity contribution in [2.45, 2.75) is 0 Å². The number of carbonyl (C=O) groups excluding carboxylic acids is 2. The standard InChI is InChI=1S/C22H16N2O3/c1-27-22(26)18-17-12-6-8-14-24(17)20(16-11-5-7-13-23-16)19(18)21(25)15-9-3-2-4-10-15/h2-14H,1H3. The van der Waals surface area contributed by atoms with Gasteiger partial charge in [-0.05, 0) is 24.3 Å². The number of carbonyl (C=O) groups is 2. The summed E-state index contributed by atoms with van der Waals surface area (Å²) >= 11 is 0. The zero-order valence-electron chi connectivity index (χ0n) is 14.6. The van der Waals surface area contributed by atoms with Gasteiger partial charge in [0.1, 0.15) is 0 Å². The number of esters is 1. The third-order valence-electron chi connectivity index (χ3n) is 4.40. The van der Waals surface area contributed by atoms with Gasteiger partial charge in [-0.15, -0.1) is 0 Å². The zero-order chi connectivity index (χ0) is 18.8. The van der Waals surface area contributed by atoms with E-state index in [0.29, 0.717) is 22.5 Å². The Labute approximate surface area is 155 Å². The molecule has 4 rings (SSSR count). The van der Waals surface area contributed by atoms with Gasteiger partial charge in [-0.1, -0.05) is 42.5 Å². The van der Waals surface area contributed by atoms with Crippen LogP contribution in [0.5, 0.6) is 0 Å². The van der Waals surface area contributed by atoms with Crippen molar-refractivity contribution in [3.05, 3.63) is 95.8 Å². The van der Waals surface area contributed by atoms with Gasteiger partial charge in [0, 0.05) is 18.0 Å². The highest BCUT2D eigenvalue weighted by Crippen LogP contribution is 2.33. The fourth-order valence-electron chi connectivity index (χ4n) is 3.23. The lowest BCUT2D eigenvalue weighted by Crippen LogP contribution is -2.10. The van der Waals surface area contributed by atoms with Gasteiger partial charge in [0.15, 0.2) is 5.78 Å². The predicted octanol–water partition coefficient (Wildman–Crippen LogP) is 4.02. The van der Waals surface area contributed by atoms with Crippen molar-refractivity contribution in [1.29, 1.82) is 0 Å². The highest BCUT2D eigenvalue weighted by molar-refractivity contribution is 6.20. The first-order chi connectivity index (χ1) is 13.2. The number of nitrogens with zero attached hydrogens (tertiary/aromatic N) is 2. The lowest BCUT2D eigenvalue weighted by molar-refractivity contribution is 0.0600. The van der Waals surface area contributed by atoms with E-state index in [1.165, 1.54) is 7.11 Å². The molecule has 0 aliphatic carbocycles. The number of fused-ring (bicyclic) bond motifs is 1. The average Bonchev–Trinajstić information content (AvgIpc) is 3.09. The van der Waals surface area contributed by atoms with Crippen LogP contribution in [0.25, 0.3) is 16.9 Å². The molecule has 0 saturated heterocycles. The number of rotatable bonds is 4. The molecule has 1 aromatic carbocycles. The van der Waals surface area contributed by atoms with Crippen LogP contribution in [0.1, 0.15) is 26.3 Å². The van der Waals surface area contributed by atoms with Crippen molar-refractivity contribution < 1.29 is 14.3 Å². The Hall–Kier alpha value is -3.73.